The summed E-state index contributed by atoms with van der Waals surface area (Å²) >= 11 is 0. The van der Waals surface area contributed by atoms with E-state index in [0.717, 1.165) is 37.3 Å². The lowest BCUT2D eigenvalue weighted by Crippen LogP contribution is -2.43. The number of aromatic nitrogens is 3. The van der Waals surface area contributed by atoms with Crippen LogP contribution in [0.4, 0.5) is 5.82 Å². The van der Waals surface area contributed by atoms with Crippen molar-refractivity contribution in [3.63, 3.8) is 0 Å². The molecule has 1 aliphatic heterocycles. The van der Waals surface area contributed by atoms with E-state index in [2.05, 4.69) is 15.4 Å². The highest BCUT2D eigenvalue weighted by atomic mass is 16.2. The van der Waals surface area contributed by atoms with Crippen LogP contribution in [0, 0.1) is 0 Å². The number of pyridine rings is 1. The minimum absolute atomic E-state index is 0.0563. The topological polar surface area (TPSA) is 83.4 Å². The fourth-order valence-electron chi connectivity index (χ4n) is 3.11. The molecule has 0 aromatic carbocycles. The highest BCUT2D eigenvalue weighted by molar-refractivity contribution is 5.95. The van der Waals surface area contributed by atoms with Gasteiger partial charge >= 0.3 is 0 Å². The molecule has 2 aromatic heterocycles. The average Bonchev–Trinajstić information content (AvgIpc) is 3.09. The Bertz CT molecular complexity index is 803. The molecule has 0 aliphatic carbocycles. The van der Waals surface area contributed by atoms with E-state index in [1.807, 2.05) is 18.2 Å². The maximum Gasteiger partial charge on any atom is 0.272 e. The average molecular weight is 370 g/mol. The van der Waals surface area contributed by atoms with Crippen LogP contribution in [0.3, 0.4) is 0 Å². The molecule has 8 nitrogen and oxygen atoms in total. The zero-order valence-electron chi connectivity index (χ0n) is 15.9. The van der Waals surface area contributed by atoms with Gasteiger partial charge in [-0.25, -0.2) is 4.98 Å². The van der Waals surface area contributed by atoms with Gasteiger partial charge in [0, 0.05) is 45.6 Å². The van der Waals surface area contributed by atoms with Crippen molar-refractivity contribution in [2.45, 2.75) is 19.3 Å². The van der Waals surface area contributed by atoms with E-state index >= 15 is 0 Å². The molecule has 0 fully saturated rings. The largest absolute Gasteiger partial charge is 0.370 e. The molecule has 1 N–H and O–H groups in total. The van der Waals surface area contributed by atoms with Crippen molar-refractivity contribution < 1.29 is 9.59 Å². The predicted molar refractivity (Wildman–Crippen MR) is 102 cm³/mol. The summed E-state index contributed by atoms with van der Waals surface area (Å²) in [6.45, 7) is 1.93. The molecule has 27 heavy (non-hydrogen) atoms. The number of aryl methyl sites for hydroxylation is 2. The van der Waals surface area contributed by atoms with Crippen molar-refractivity contribution in [1.29, 1.82) is 0 Å². The fraction of sp³-hybridized carbons (Fsp3) is 0.474. The third-order valence-corrected chi connectivity index (χ3v) is 4.72. The quantitative estimate of drug-likeness (QED) is 0.815. The third-order valence-electron chi connectivity index (χ3n) is 4.72. The van der Waals surface area contributed by atoms with Gasteiger partial charge in [-0.3, -0.25) is 14.3 Å². The van der Waals surface area contributed by atoms with Crippen molar-refractivity contribution in [3.05, 3.63) is 41.9 Å². The van der Waals surface area contributed by atoms with Crippen LogP contribution < -0.4 is 5.32 Å². The molecule has 2 bridgehead atoms. The summed E-state index contributed by atoms with van der Waals surface area (Å²) in [6.07, 6.45) is 3.88. The first-order valence-electron chi connectivity index (χ1n) is 9.25. The van der Waals surface area contributed by atoms with E-state index in [9.17, 15) is 9.59 Å². The van der Waals surface area contributed by atoms with Gasteiger partial charge in [-0.2, -0.15) is 5.10 Å². The molecule has 3 heterocycles. The standard InChI is InChI=1S/C19H26N6O2/c1-23-12-5-10-20-17-8-3-6-15(22-17)7-4-13-25(14-18(23)26)19(27)16-9-11-21-24(16)2/h3,6,8-9,11H,4-5,7,10,12-14H2,1-2H3,(H,20,22). The van der Waals surface area contributed by atoms with Crippen LogP contribution in [0.25, 0.3) is 0 Å². The summed E-state index contributed by atoms with van der Waals surface area (Å²) in [5, 5.41) is 7.37. The SMILES string of the molecule is CN1CCCNc2cccc(n2)CCCN(C(=O)c2ccnn2C)CC1=O. The maximum absolute atomic E-state index is 12.9. The van der Waals surface area contributed by atoms with Crippen LogP contribution in [0.15, 0.2) is 30.5 Å². The lowest BCUT2D eigenvalue weighted by Gasteiger charge is -2.26. The Morgan fingerprint density at radius 2 is 2.00 bits per heavy atom. The number of carbonyl (C=O) groups is 2. The summed E-state index contributed by atoms with van der Waals surface area (Å²) in [5.74, 6) is 0.618. The number of rotatable bonds is 1. The number of amides is 2. The number of nitrogens with zero attached hydrogens (tertiary/aromatic N) is 5. The van der Waals surface area contributed by atoms with Gasteiger partial charge in [0.25, 0.3) is 5.91 Å². The number of carbonyl (C=O) groups excluding carboxylic acids is 2. The molecule has 0 unspecified atom stereocenters. The molecular formula is C19H26N6O2. The van der Waals surface area contributed by atoms with E-state index in [4.69, 9.17) is 0 Å². The molecular weight excluding hydrogens is 344 g/mol. The first-order chi connectivity index (χ1) is 13.0. The van der Waals surface area contributed by atoms with E-state index < -0.39 is 0 Å². The van der Waals surface area contributed by atoms with E-state index in [1.54, 1.807) is 40.8 Å². The van der Waals surface area contributed by atoms with Crippen molar-refractivity contribution in [2.24, 2.45) is 7.05 Å². The van der Waals surface area contributed by atoms with Gasteiger partial charge in [0.1, 0.15) is 18.1 Å². The van der Waals surface area contributed by atoms with Crippen molar-refractivity contribution in [2.75, 3.05) is 38.5 Å². The van der Waals surface area contributed by atoms with Gasteiger partial charge < -0.3 is 15.1 Å². The summed E-state index contributed by atoms with van der Waals surface area (Å²) in [5.41, 5.74) is 1.46. The van der Waals surface area contributed by atoms with Gasteiger partial charge in [0.05, 0.1) is 0 Å². The van der Waals surface area contributed by atoms with E-state index in [-0.39, 0.29) is 18.4 Å². The Morgan fingerprint density at radius 1 is 1.15 bits per heavy atom. The molecule has 144 valence electrons. The Balaban J connectivity index is 1.79. The summed E-state index contributed by atoms with van der Waals surface area (Å²) in [4.78, 5) is 33.4. The second-order valence-electron chi connectivity index (χ2n) is 6.78. The summed E-state index contributed by atoms with van der Waals surface area (Å²) in [6, 6.07) is 7.61. The highest BCUT2D eigenvalue weighted by Crippen LogP contribution is 2.11. The van der Waals surface area contributed by atoms with Gasteiger partial charge in [-0.1, -0.05) is 6.07 Å². The number of fused-ring (bicyclic) bond motifs is 2. The number of anilines is 1. The van der Waals surface area contributed by atoms with Gasteiger partial charge in [-0.05, 0) is 37.5 Å². The lowest BCUT2D eigenvalue weighted by atomic mass is 10.2. The summed E-state index contributed by atoms with van der Waals surface area (Å²) in [7, 11) is 3.51. The minimum Gasteiger partial charge on any atom is -0.370 e. The Labute approximate surface area is 159 Å². The number of nitrogens with one attached hydrogen (secondary N) is 1. The molecule has 0 spiro atoms. The third kappa shape index (κ3) is 4.84. The molecule has 8 heteroatoms. The molecule has 0 saturated heterocycles. The van der Waals surface area contributed by atoms with Crippen LogP contribution in [0.2, 0.25) is 0 Å². The second-order valence-corrected chi connectivity index (χ2v) is 6.78. The first kappa shape index (κ1) is 18.9. The molecule has 2 aromatic rings. The lowest BCUT2D eigenvalue weighted by molar-refractivity contribution is -0.130. The fourth-order valence-corrected chi connectivity index (χ4v) is 3.11. The van der Waals surface area contributed by atoms with Gasteiger partial charge in [-0.15, -0.1) is 0 Å². The first-order valence-corrected chi connectivity index (χ1v) is 9.25. The maximum atomic E-state index is 12.9. The monoisotopic (exact) mass is 370 g/mol. The van der Waals surface area contributed by atoms with Crippen molar-refractivity contribution in [1.82, 2.24) is 24.6 Å². The van der Waals surface area contributed by atoms with E-state index in [0.29, 0.717) is 18.8 Å². The zero-order valence-corrected chi connectivity index (χ0v) is 15.9. The highest BCUT2D eigenvalue weighted by Gasteiger charge is 2.22. The molecule has 3 rings (SSSR count). The predicted octanol–water partition coefficient (Wildman–Crippen LogP) is 1.16. The van der Waals surface area contributed by atoms with Gasteiger partial charge in [0.15, 0.2) is 0 Å². The number of hydrogen-bond donors (Lipinski definition) is 1. The smallest absolute Gasteiger partial charge is 0.272 e. The Kier molecular flexibility index (Phi) is 6.05. The molecule has 0 radical (unpaired) electrons. The van der Waals surface area contributed by atoms with Crippen LogP contribution in [-0.4, -0.2) is 69.6 Å². The van der Waals surface area contributed by atoms with Crippen LogP contribution in [0.1, 0.15) is 29.0 Å². The Morgan fingerprint density at radius 3 is 2.78 bits per heavy atom. The van der Waals surface area contributed by atoms with Crippen LogP contribution in [0.5, 0.6) is 0 Å². The van der Waals surface area contributed by atoms with Crippen LogP contribution in [-0.2, 0) is 18.3 Å². The van der Waals surface area contributed by atoms with Crippen LogP contribution >= 0.6 is 0 Å². The summed E-state index contributed by atoms with van der Waals surface area (Å²) < 4.78 is 1.54. The minimum atomic E-state index is -0.174. The zero-order chi connectivity index (χ0) is 19.2. The van der Waals surface area contributed by atoms with Crippen molar-refractivity contribution >= 4 is 17.6 Å². The normalized spacial score (nSPS) is 16.6. The molecule has 2 amide bonds. The number of likely N-dealkylation sites (N-methyl/N-ethyl adjacent to an activating group) is 1. The molecule has 0 atom stereocenters. The Hall–Kier alpha value is -2.90. The number of hydrogen-bond acceptors (Lipinski definition) is 5. The molecule has 0 saturated carbocycles. The van der Waals surface area contributed by atoms with Crippen molar-refractivity contribution in [3.8, 4) is 0 Å². The van der Waals surface area contributed by atoms with Gasteiger partial charge in [0.2, 0.25) is 5.91 Å². The molecule has 1 aliphatic rings. The van der Waals surface area contributed by atoms with E-state index in [1.165, 1.54) is 0 Å². The second kappa shape index (κ2) is 8.66.